The number of carbonyl (C=O) groups is 2. The van der Waals surface area contributed by atoms with Gasteiger partial charge in [0.25, 0.3) is 11.8 Å². The largest absolute Gasteiger partial charge is 0.450 e. The Morgan fingerprint density at radius 2 is 1.68 bits per heavy atom. The number of methoxy groups -OCH3 is 1. The van der Waals surface area contributed by atoms with Crippen LogP contribution >= 0.6 is 11.6 Å². The number of benzene rings is 3. The Labute approximate surface area is 217 Å². The molecule has 2 aliphatic heterocycles. The molecule has 3 heterocycles. The average molecular weight is 515 g/mol. The Balaban J connectivity index is 1.63. The molecule has 7 nitrogen and oxygen atoms in total. The van der Waals surface area contributed by atoms with Crippen LogP contribution in [-0.4, -0.2) is 37.0 Å². The van der Waals surface area contributed by atoms with Crippen LogP contribution in [0.25, 0.3) is 11.0 Å². The number of amides is 2. The molecule has 6 rings (SSSR count). The number of anilines is 1. The molecule has 8 heteroatoms. The molecule has 2 amide bonds. The van der Waals surface area contributed by atoms with Gasteiger partial charge in [-0.3, -0.25) is 14.4 Å². The number of ether oxygens (including phenoxy) is 1. The minimum atomic E-state index is -1.65. The van der Waals surface area contributed by atoms with E-state index in [1.54, 1.807) is 48.4 Å². The van der Waals surface area contributed by atoms with Crippen molar-refractivity contribution in [3.8, 4) is 0 Å². The summed E-state index contributed by atoms with van der Waals surface area (Å²) in [6, 6.07) is 21.4. The van der Waals surface area contributed by atoms with Crippen molar-refractivity contribution in [2.24, 2.45) is 0 Å². The van der Waals surface area contributed by atoms with Gasteiger partial charge in [0, 0.05) is 30.8 Å². The molecule has 37 heavy (non-hydrogen) atoms. The second-order valence-corrected chi connectivity index (χ2v) is 9.55. The van der Waals surface area contributed by atoms with Gasteiger partial charge in [-0.15, -0.1) is 0 Å². The van der Waals surface area contributed by atoms with Gasteiger partial charge in [0.2, 0.25) is 5.76 Å². The fourth-order valence-electron chi connectivity index (χ4n) is 5.56. The fourth-order valence-corrected chi connectivity index (χ4v) is 5.75. The van der Waals surface area contributed by atoms with Crippen molar-refractivity contribution in [3.63, 3.8) is 0 Å². The second-order valence-electron chi connectivity index (χ2n) is 9.14. The Morgan fingerprint density at radius 3 is 2.49 bits per heavy atom. The van der Waals surface area contributed by atoms with Gasteiger partial charge in [0.1, 0.15) is 5.58 Å². The Hall–Kier alpha value is -3.94. The van der Waals surface area contributed by atoms with Gasteiger partial charge in [-0.25, -0.2) is 0 Å². The van der Waals surface area contributed by atoms with E-state index in [0.717, 1.165) is 5.56 Å². The van der Waals surface area contributed by atoms with Crippen molar-refractivity contribution in [3.05, 3.63) is 110 Å². The number of hydrogen-bond acceptors (Lipinski definition) is 5. The number of hydrogen-bond donors (Lipinski definition) is 0. The van der Waals surface area contributed by atoms with Gasteiger partial charge in [0.15, 0.2) is 11.0 Å². The molecule has 0 saturated heterocycles. The summed E-state index contributed by atoms with van der Waals surface area (Å²) >= 11 is 6.46. The molecule has 0 aliphatic carbocycles. The number of rotatable bonds is 6. The van der Waals surface area contributed by atoms with Crippen molar-refractivity contribution in [1.29, 1.82) is 0 Å². The van der Waals surface area contributed by atoms with Crippen LogP contribution in [0, 0.1) is 0 Å². The topological polar surface area (TPSA) is 80.1 Å². The van der Waals surface area contributed by atoms with E-state index in [2.05, 4.69) is 0 Å². The Bertz CT molecular complexity index is 1630. The first-order chi connectivity index (χ1) is 18.0. The molecule has 0 N–H and O–H groups in total. The summed E-state index contributed by atoms with van der Waals surface area (Å²) < 4.78 is 11.3. The number of para-hydroxylation sites is 2. The third-order valence-electron chi connectivity index (χ3n) is 7.16. The summed E-state index contributed by atoms with van der Waals surface area (Å²) in [6.07, 6.45) is 0.478. The predicted octanol–water partition coefficient (Wildman–Crippen LogP) is 4.73. The van der Waals surface area contributed by atoms with Crippen molar-refractivity contribution in [2.45, 2.75) is 18.5 Å². The monoisotopic (exact) mass is 514 g/mol. The van der Waals surface area contributed by atoms with E-state index in [1.807, 2.05) is 36.4 Å². The molecule has 0 saturated carbocycles. The number of halogens is 1. The minimum absolute atomic E-state index is 0.0627. The highest BCUT2D eigenvalue weighted by Crippen LogP contribution is 2.53. The van der Waals surface area contributed by atoms with Crippen molar-refractivity contribution < 1.29 is 18.7 Å². The Morgan fingerprint density at radius 1 is 0.946 bits per heavy atom. The maximum atomic E-state index is 14.6. The van der Waals surface area contributed by atoms with Crippen LogP contribution in [0.3, 0.4) is 0 Å². The summed E-state index contributed by atoms with van der Waals surface area (Å²) in [5.41, 5.74) is 0.278. The van der Waals surface area contributed by atoms with E-state index in [9.17, 15) is 14.4 Å². The van der Waals surface area contributed by atoms with Gasteiger partial charge < -0.3 is 19.0 Å². The predicted molar refractivity (Wildman–Crippen MR) is 140 cm³/mol. The molecule has 3 aromatic carbocycles. The lowest BCUT2D eigenvalue weighted by Gasteiger charge is -2.34. The molecule has 4 aromatic rings. The molecule has 1 aromatic heterocycles. The molecule has 1 spiro atoms. The molecular formula is C29H23ClN2O5. The van der Waals surface area contributed by atoms with Crippen LogP contribution < -0.4 is 10.3 Å². The number of carbonyl (C=O) groups excluding carboxylic acids is 2. The van der Waals surface area contributed by atoms with Gasteiger partial charge >= 0.3 is 0 Å². The van der Waals surface area contributed by atoms with Gasteiger partial charge in [-0.1, -0.05) is 60.1 Å². The van der Waals surface area contributed by atoms with E-state index in [-0.39, 0.29) is 35.7 Å². The zero-order valence-corrected chi connectivity index (χ0v) is 20.8. The zero-order chi connectivity index (χ0) is 25.7. The lowest BCUT2D eigenvalue weighted by atomic mass is 9.84. The van der Waals surface area contributed by atoms with Crippen LogP contribution in [-0.2, 0) is 21.6 Å². The molecule has 0 radical (unpaired) electrons. The first-order valence-electron chi connectivity index (χ1n) is 12.0. The van der Waals surface area contributed by atoms with Crippen molar-refractivity contribution in [1.82, 2.24) is 4.90 Å². The molecule has 186 valence electrons. The highest BCUT2D eigenvalue weighted by Gasteiger charge is 2.64. The van der Waals surface area contributed by atoms with Gasteiger partial charge in [-0.05, 0) is 36.2 Å². The number of nitrogens with zero attached hydrogens (tertiary/aromatic N) is 2. The maximum absolute atomic E-state index is 14.6. The standard InChI is InChI=1S/C29H23ClN2O5/c1-36-16-8-15-32-27(34)26-24(25(33)19-10-3-7-14-23(19)37-26)29(32)20-11-4-6-13-22(20)31(28(29)35)17-18-9-2-5-12-21(18)30/h2-7,9-14H,8,15-17H2,1H3. The van der Waals surface area contributed by atoms with Gasteiger partial charge in [-0.2, -0.15) is 0 Å². The van der Waals surface area contributed by atoms with Gasteiger partial charge in [0.05, 0.1) is 23.2 Å². The lowest BCUT2D eigenvalue weighted by molar-refractivity contribution is -0.126. The molecular weight excluding hydrogens is 492 g/mol. The molecule has 1 atom stereocenters. The fraction of sp³-hybridized carbons (Fsp3) is 0.207. The van der Waals surface area contributed by atoms with Crippen molar-refractivity contribution in [2.75, 3.05) is 25.2 Å². The maximum Gasteiger partial charge on any atom is 0.291 e. The summed E-state index contributed by atoms with van der Waals surface area (Å²) in [4.78, 5) is 45.6. The normalized spacial score (nSPS) is 18.2. The van der Waals surface area contributed by atoms with Crippen LogP contribution in [0.4, 0.5) is 5.69 Å². The van der Waals surface area contributed by atoms with E-state index >= 15 is 0 Å². The summed E-state index contributed by atoms with van der Waals surface area (Å²) in [6.45, 7) is 0.775. The smallest absolute Gasteiger partial charge is 0.291 e. The average Bonchev–Trinajstić information content (AvgIpc) is 3.30. The SMILES string of the molecule is COCCCN1C(=O)c2oc3ccccc3c(=O)c2C12C(=O)N(Cc1ccccc1Cl)c1ccccc12. The molecule has 2 aliphatic rings. The first kappa shape index (κ1) is 23.5. The summed E-state index contributed by atoms with van der Waals surface area (Å²) in [5, 5.41) is 0.848. The third kappa shape index (κ3) is 3.27. The second kappa shape index (κ2) is 8.87. The van der Waals surface area contributed by atoms with Crippen LogP contribution in [0.1, 0.15) is 33.7 Å². The lowest BCUT2D eigenvalue weighted by Crippen LogP contribution is -2.53. The summed E-state index contributed by atoms with van der Waals surface area (Å²) in [5.74, 6) is -0.971. The van der Waals surface area contributed by atoms with E-state index < -0.39 is 11.4 Å². The molecule has 0 bridgehead atoms. The number of fused-ring (bicyclic) bond motifs is 5. The van der Waals surface area contributed by atoms with Crippen LogP contribution in [0.2, 0.25) is 5.02 Å². The third-order valence-corrected chi connectivity index (χ3v) is 7.53. The van der Waals surface area contributed by atoms with Crippen molar-refractivity contribution >= 4 is 40.1 Å². The van der Waals surface area contributed by atoms with E-state index in [4.69, 9.17) is 20.8 Å². The van der Waals surface area contributed by atoms with Crippen LogP contribution in [0.5, 0.6) is 0 Å². The first-order valence-corrected chi connectivity index (χ1v) is 12.4. The quantitative estimate of drug-likeness (QED) is 0.348. The zero-order valence-electron chi connectivity index (χ0n) is 20.1. The molecule has 0 fully saturated rings. The van der Waals surface area contributed by atoms with Crippen LogP contribution in [0.15, 0.2) is 82.0 Å². The highest BCUT2D eigenvalue weighted by molar-refractivity contribution is 6.31. The van der Waals surface area contributed by atoms with E-state index in [0.29, 0.717) is 40.3 Å². The summed E-state index contributed by atoms with van der Waals surface area (Å²) in [7, 11) is 1.58. The molecule has 1 unspecified atom stereocenters. The van der Waals surface area contributed by atoms with E-state index in [1.165, 1.54) is 4.90 Å². The Kier molecular flexibility index (Phi) is 5.62. The highest BCUT2D eigenvalue weighted by atomic mass is 35.5. The minimum Gasteiger partial charge on any atom is -0.450 e.